The van der Waals surface area contributed by atoms with E-state index < -0.39 is 21.9 Å². The van der Waals surface area contributed by atoms with Crippen molar-refractivity contribution in [2.45, 2.75) is 18.4 Å². The molecule has 3 aromatic rings. The van der Waals surface area contributed by atoms with Crippen LogP contribution < -0.4 is 9.94 Å². The largest absolute Gasteiger partial charge is 0.465 e. The molecule has 1 aromatic heterocycles. The van der Waals surface area contributed by atoms with Crippen LogP contribution in [0.15, 0.2) is 50.8 Å². The average Bonchev–Trinajstić information content (AvgIpc) is 2.99. The number of sulfonamides is 1. The van der Waals surface area contributed by atoms with E-state index >= 15 is 0 Å². The minimum Gasteiger partial charge on any atom is -0.465 e. The van der Waals surface area contributed by atoms with Crippen LogP contribution in [0.3, 0.4) is 0 Å². The first-order chi connectivity index (χ1) is 14.1. The number of fused-ring (bicyclic) bond motifs is 1. The lowest BCUT2D eigenvalue weighted by Gasteiger charge is -2.06. The van der Waals surface area contributed by atoms with Gasteiger partial charge in [0.1, 0.15) is 6.54 Å². The normalized spacial score (nSPS) is 12.3. The van der Waals surface area contributed by atoms with Crippen molar-refractivity contribution in [1.82, 2.24) is 4.57 Å². The number of ether oxygens (including phenoxy) is 1. The molecule has 8 nitrogen and oxygen atoms in total. The molecule has 0 atom stereocenters. The van der Waals surface area contributed by atoms with Crippen molar-refractivity contribution in [3.05, 3.63) is 56.3 Å². The van der Waals surface area contributed by atoms with Gasteiger partial charge >= 0.3 is 5.97 Å². The second-order valence-corrected chi connectivity index (χ2v) is 9.88. The van der Waals surface area contributed by atoms with Gasteiger partial charge in [0, 0.05) is 4.47 Å². The van der Waals surface area contributed by atoms with Gasteiger partial charge in [0.25, 0.3) is 5.91 Å². The van der Waals surface area contributed by atoms with Gasteiger partial charge in [-0.15, -0.1) is 0 Å². The van der Waals surface area contributed by atoms with Crippen molar-refractivity contribution in [1.29, 1.82) is 0 Å². The maximum absolute atomic E-state index is 12.7. The summed E-state index contributed by atoms with van der Waals surface area (Å²) < 4.78 is 30.9. The molecule has 0 fully saturated rings. The molecule has 12 heteroatoms. The summed E-state index contributed by atoms with van der Waals surface area (Å²) >= 11 is 10.4. The number of carbonyl (C=O) groups is 2. The molecule has 158 valence electrons. The second-order valence-electron chi connectivity index (χ2n) is 5.99. The lowest BCUT2D eigenvalue weighted by atomic mass is 10.2. The maximum atomic E-state index is 12.7. The van der Waals surface area contributed by atoms with Crippen molar-refractivity contribution in [3.63, 3.8) is 0 Å². The van der Waals surface area contributed by atoms with Gasteiger partial charge in [-0.25, -0.2) is 13.6 Å². The van der Waals surface area contributed by atoms with Gasteiger partial charge in [0.2, 0.25) is 10.0 Å². The number of amides is 1. The zero-order valence-electron chi connectivity index (χ0n) is 15.5. The molecule has 0 spiro atoms. The summed E-state index contributed by atoms with van der Waals surface area (Å²) in [7, 11) is -3.92. The third kappa shape index (κ3) is 4.98. The molecule has 2 N–H and O–H groups in total. The minimum absolute atomic E-state index is 0.0903. The Morgan fingerprint density at radius 1 is 1.27 bits per heavy atom. The summed E-state index contributed by atoms with van der Waals surface area (Å²) in [5.74, 6) is -1.14. The van der Waals surface area contributed by atoms with E-state index in [0.717, 1.165) is 11.3 Å². The van der Waals surface area contributed by atoms with Gasteiger partial charge in [0.15, 0.2) is 4.80 Å². The Balaban J connectivity index is 2.20. The topological polar surface area (TPSA) is 121 Å². The van der Waals surface area contributed by atoms with Crippen LogP contribution in [0.5, 0.6) is 0 Å². The van der Waals surface area contributed by atoms with Crippen LogP contribution in [-0.4, -0.2) is 31.5 Å². The van der Waals surface area contributed by atoms with Crippen LogP contribution in [0, 0.1) is 0 Å². The van der Waals surface area contributed by atoms with Crippen LogP contribution in [0.1, 0.15) is 17.3 Å². The second kappa shape index (κ2) is 8.98. The minimum atomic E-state index is -3.92. The molecule has 0 aliphatic rings. The summed E-state index contributed by atoms with van der Waals surface area (Å²) in [5.41, 5.74) is 0.684. The lowest BCUT2D eigenvalue weighted by molar-refractivity contribution is -0.143. The maximum Gasteiger partial charge on any atom is 0.326 e. The standard InChI is InChI=1S/C18H15BrClN3O5S2/c1-2-28-16(24)9-23-14-6-4-11(30(21,26)27)8-15(14)29-18(23)22-17(25)12-7-10(19)3-5-13(12)20/h3-8H,2,9H2,1H3,(H2,21,26,27). The van der Waals surface area contributed by atoms with Crippen LogP contribution in [0.4, 0.5) is 0 Å². The zero-order valence-corrected chi connectivity index (χ0v) is 19.4. The molecule has 30 heavy (non-hydrogen) atoms. The third-order valence-corrected chi connectivity index (χ3v) is 6.71. The van der Waals surface area contributed by atoms with E-state index in [1.165, 1.54) is 28.8 Å². The van der Waals surface area contributed by atoms with Crippen molar-refractivity contribution >= 4 is 71.0 Å². The number of benzene rings is 2. The number of nitrogens with zero attached hydrogens (tertiary/aromatic N) is 2. The molecule has 1 heterocycles. The molecule has 0 unspecified atom stereocenters. The molecule has 0 aliphatic heterocycles. The Hall–Kier alpha value is -2.05. The average molecular weight is 533 g/mol. The molecule has 0 saturated heterocycles. The van der Waals surface area contributed by atoms with E-state index in [0.29, 0.717) is 14.7 Å². The number of hydrogen-bond donors (Lipinski definition) is 1. The number of aromatic nitrogens is 1. The summed E-state index contributed by atoms with van der Waals surface area (Å²) in [6.07, 6.45) is 0. The van der Waals surface area contributed by atoms with Crippen LogP contribution >= 0.6 is 38.9 Å². The van der Waals surface area contributed by atoms with Gasteiger partial charge in [-0.05, 0) is 43.3 Å². The van der Waals surface area contributed by atoms with Crippen molar-refractivity contribution in [3.8, 4) is 0 Å². The molecule has 0 saturated carbocycles. The lowest BCUT2D eigenvalue weighted by Crippen LogP contribution is -2.23. The quantitative estimate of drug-likeness (QED) is 0.506. The van der Waals surface area contributed by atoms with E-state index in [9.17, 15) is 18.0 Å². The van der Waals surface area contributed by atoms with Gasteiger partial charge in [-0.2, -0.15) is 4.99 Å². The van der Waals surface area contributed by atoms with E-state index in [1.807, 2.05) is 0 Å². The predicted molar refractivity (Wildman–Crippen MR) is 117 cm³/mol. The van der Waals surface area contributed by atoms with Crippen molar-refractivity contribution in [2.24, 2.45) is 10.1 Å². The fraction of sp³-hybridized carbons (Fsp3) is 0.167. The van der Waals surface area contributed by atoms with Gasteiger partial charge in [-0.1, -0.05) is 38.9 Å². The number of hydrogen-bond acceptors (Lipinski definition) is 6. The SMILES string of the molecule is CCOC(=O)Cn1c(=NC(=O)c2cc(Br)ccc2Cl)sc2cc(S(N)(=O)=O)ccc21. The Bertz CT molecular complexity index is 1330. The molecule has 3 rings (SSSR count). The van der Waals surface area contributed by atoms with Crippen molar-refractivity contribution < 1.29 is 22.7 Å². The Kier molecular flexibility index (Phi) is 6.78. The first kappa shape index (κ1) is 22.6. The fourth-order valence-electron chi connectivity index (χ4n) is 2.61. The van der Waals surface area contributed by atoms with Gasteiger partial charge in [-0.3, -0.25) is 9.59 Å². The zero-order chi connectivity index (χ0) is 22.1. The first-order valence-corrected chi connectivity index (χ1v) is 12.0. The molecule has 1 amide bonds. The molecule has 0 aliphatic carbocycles. The van der Waals surface area contributed by atoms with E-state index in [2.05, 4.69) is 20.9 Å². The summed E-state index contributed by atoms with van der Waals surface area (Å²) in [6, 6.07) is 8.98. The summed E-state index contributed by atoms with van der Waals surface area (Å²) in [5, 5.41) is 5.42. The number of carbonyl (C=O) groups excluding carboxylic acids is 2. The molecular weight excluding hydrogens is 518 g/mol. The molecule has 2 aromatic carbocycles. The Labute approximate surface area is 189 Å². The van der Waals surface area contributed by atoms with Gasteiger partial charge < -0.3 is 9.30 Å². The van der Waals surface area contributed by atoms with Gasteiger partial charge in [0.05, 0.1) is 32.3 Å². The number of esters is 1. The van der Waals surface area contributed by atoms with Crippen molar-refractivity contribution in [2.75, 3.05) is 6.61 Å². The summed E-state index contributed by atoms with van der Waals surface area (Å²) in [4.78, 5) is 29.0. The third-order valence-electron chi connectivity index (χ3n) is 3.93. The number of thiazole rings is 1. The molecular formula is C18H15BrClN3O5S2. The Morgan fingerprint density at radius 3 is 2.67 bits per heavy atom. The van der Waals surface area contributed by atoms with E-state index in [4.69, 9.17) is 21.5 Å². The van der Waals surface area contributed by atoms with Crippen LogP contribution in [0.2, 0.25) is 5.02 Å². The fourth-order valence-corrected chi connectivity index (χ4v) is 4.85. The highest BCUT2D eigenvalue weighted by atomic mass is 79.9. The number of rotatable bonds is 5. The predicted octanol–water partition coefficient (Wildman–Crippen LogP) is 3.07. The highest BCUT2D eigenvalue weighted by molar-refractivity contribution is 9.10. The molecule has 0 bridgehead atoms. The summed E-state index contributed by atoms with van der Waals surface area (Å²) in [6.45, 7) is 1.66. The monoisotopic (exact) mass is 531 g/mol. The van der Waals surface area contributed by atoms with Crippen LogP contribution in [0.25, 0.3) is 10.2 Å². The first-order valence-electron chi connectivity index (χ1n) is 8.46. The smallest absolute Gasteiger partial charge is 0.326 e. The number of primary sulfonamides is 1. The van der Waals surface area contributed by atoms with Crippen LogP contribution in [-0.2, 0) is 26.1 Å². The molecule has 0 radical (unpaired) electrons. The number of halogens is 2. The Morgan fingerprint density at radius 2 is 2.00 bits per heavy atom. The van der Waals surface area contributed by atoms with E-state index in [-0.39, 0.29) is 33.4 Å². The highest BCUT2D eigenvalue weighted by Crippen LogP contribution is 2.23. The number of nitrogens with two attached hydrogens (primary N) is 1. The van der Waals surface area contributed by atoms with E-state index in [1.54, 1.807) is 19.1 Å². The highest BCUT2D eigenvalue weighted by Gasteiger charge is 2.17.